The normalized spacial score (nSPS) is 11.0. The molecule has 2 rings (SSSR count). The minimum Gasteiger partial charge on any atom is -0.337 e. The van der Waals surface area contributed by atoms with Gasteiger partial charge in [-0.05, 0) is 17.2 Å². The van der Waals surface area contributed by atoms with Gasteiger partial charge in [0.25, 0.3) is 0 Å². The van der Waals surface area contributed by atoms with Crippen LogP contribution >= 0.6 is 11.6 Å². The van der Waals surface area contributed by atoms with Gasteiger partial charge in [0, 0.05) is 23.5 Å². The van der Waals surface area contributed by atoms with Crippen LogP contribution in [0.4, 0.5) is 4.79 Å². The Morgan fingerprint density at radius 2 is 1.64 bits per heavy atom. The van der Waals surface area contributed by atoms with E-state index in [1.165, 1.54) is 0 Å². The van der Waals surface area contributed by atoms with Crippen molar-refractivity contribution >= 4 is 17.6 Å². The molecule has 0 radical (unpaired) electrons. The molecule has 0 fully saturated rings. The molecule has 0 saturated heterocycles. The van der Waals surface area contributed by atoms with E-state index in [1.54, 1.807) is 0 Å². The van der Waals surface area contributed by atoms with E-state index in [1.807, 2.05) is 54.6 Å². The Morgan fingerprint density at radius 3 is 2.32 bits per heavy atom. The molecule has 0 spiro atoms. The lowest BCUT2D eigenvalue weighted by atomic mass is 9.84. The highest BCUT2D eigenvalue weighted by Gasteiger charge is 2.23. The van der Waals surface area contributed by atoms with Crippen LogP contribution in [-0.4, -0.2) is 12.6 Å². The molecule has 0 bridgehead atoms. The number of benzene rings is 2. The molecular weight excluding hydrogens is 296 g/mol. The quantitative estimate of drug-likeness (QED) is 0.856. The summed E-state index contributed by atoms with van der Waals surface area (Å²) in [6.07, 6.45) is 0. The van der Waals surface area contributed by atoms with E-state index in [9.17, 15) is 4.79 Å². The molecule has 0 atom stereocenters. The molecule has 0 saturated carbocycles. The third-order valence-electron chi connectivity index (χ3n) is 3.59. The minimum absolute atomic E-state index is 0.177. The number of hydrogen-bond donors (Lipinski definition) is 2. The second-order valence-corrected chi connectivity index (χ2v) is 6.29. The van der Waals surface area contributed by atoms with Crippen molar-refractivity contribution < 1.29 is 4.79 Å². The molecule has 0 aliphatic rings. The largest absolute Gasteiger partial charge is 0.337 e. The van der Waals surface area contributed by atoms with Gasteiger partial charge in [-0.25, -0.2) is 4.79 Å². The Morgan fingerprint density at radius 1 is 1.00 bits per heavy atom. The molecule has 4 heteroatoms. The van der Waals surface area contributed by atoms with Gasteiger partial charge in [0.2, 0.25) is 0 Å². The fourth-order valence-corrected chi connectivity index (χ4v) is 2.64. The zero-order valence-corrected chi connectivity index (χ0v) is 13.7. The first-order valence-electron chi connectivity index (χ1n) is 7.30. The van der Waals surface area contributed by atoms with Crippen molar-refractivity contribution in [2.75, 3.05) is 6.54 Å². The number of urea groups is 1. The molecule has 116 valence electrons. The average Bonchev–Trinajstić information content (AvgIpc) is 2.52. The van der Waals surface area contributed by atoms with E-state index in [0.29, 0.717) is 13.1 Å². The smallest absolute Gasteiger partial charge is 0.315 e. The van der Waals surface area contributed by atoms with Crippen LogP contribution in [0.3, 0.4) is 0 Å². The summed E-state index contributed by atoms with van der Waals surface area (Å²) in [6.45, 7) is 5.15. The van der Waals surface area contributed by atoms with Crippen molar-refractivity contribution in [3.8, 4) is 0 Å². The SMILES string of the molecule is CC(C)(CNC(=O)NCc1ccccc1)c1ccccc1Cl. The van der Waals surface area contributed by atoms with E-state index in [0.717, 1.165) is 16.1 Å². The molecule has 2 amide bonds. The van der Waals surface area contributed by atoms with Crippen LogP contribution in [0.25, 0.3) is 0 Å². The zero-order chi connectivity index (χ0) is 16.0. The van der Waals surface area contributed by atoms with Gasteiger partial charge in [-0.2, -0.15) is 0 Å². The predicted octanol–water partition coefficient (Wildman–Crippen LogP) is 4.12. The maximum Gasteiger partial charge on any atom is 0.315 e. The molecule has 0 unspecified atom stereocenters. The number of rotatable bonds is 5. The second-order valence-electron chi connectivity index (χ2n) is 5.89. The fraction of sp³-hybridized carbons (Fsp3) is 0.278. The monoisotopic (exact) mass is 316 g/mol. The highest BCUT2D eigenvalue weighted by molar-refractivity contribution is 6.31. The van der Waals surface area contributed by atoms with Crippen LogP contribution in [0.15, 0.2) is 54.6 Å². The summed E-state index contributed by atoms with van der Waals surface area (Å²) in [6, 6.07) is 17.4. The molecular formula is C18H21ClN2O. The average molecular weight is 317 g/mol. The summed E-state index contributed by atoms with van der Waals surface area (Å²) in [5.41, 5.74) is 1.87. The lowest BCUT2D eigenvalue weighted by molar-refractivity contribution is 0.238. The van der Waals surface area contributed by atoms with Gasteiger partial charge < -0.3 is 10.6 Å². The maximum absolute atomic E-state index is 11.9. The van der Waals surface area contributed by atoms with Crippen LogP contribution < -0.4 is 10.6 Å². The summed E-state index contributed by atoms with van der Waals surface area (Å²) in [5.74, 6) is 0. The number of carbonyl (C=O) groups excluding carboxylic acids is 1. The molecule has 2 aromatic carbocycles. The first-order valence-corrected chi connectivity index (χ1v) is 7.67. The predicted molar refractivity (Wildman–Crippen MR) is 91.2 cm³/mol. The Bertz CT molecular complexity index is 626. The van der Waals surface area contributed by atoms with Gasteiger partial charge >= 0.3 is 6.03 Å². The van der Waals surface area contributed by atoms with Crippen LogP contribution in [0.5, 0.6) is 0 Å². The van der Waals surface area contributed by atoms with Crippen LogP contribution in [0.2, 0.25) is 5.02 Å². The molecule has 0 aliphatic heterocycles. The van der Waals surface area contributed by atoms with E-state index < -0.39 is 0 Å². The van der Waals surface area contributed by atoms with Crippen molar-refractivity contribution in [1.82, 2.24) is 10.6 Å². The van der Waals surface area contributed by atoms with E-state index in [4.69, 9.17) is 11.6 Å². The van der Waals surface area contributed by atoms with Crippen LogP contribution in [-0.2, 0) is 12.0 Å². The molecule has 2 aromatic rings. The summed E-state index contributed by atoms with van der Waals surface area (Å²) in [7, 11) is 0. The summed E-state index contributed by atoms with van der Waals surface area (Å²) in [5, 5.41) is 6.49. The van der Waals surface area contributed by atoms with Crippen molar-refractivity contribution in [3.05, 3.63) is 70.7 Å². The van der Waals surface area contributed by atoms with Gasteiger partial charge in [-0.15, -0.1) is 0 Å². The first-order chi connectivity index (χ1) is 10.5. The lowest BCUT2D eigenvalue weighted by Gasteiger charge is -2.26. The van der Waals surface area contributed by atoms with Crippen LogP contribution in [0.1, 0.15) is 25.0 Å². The van der Waals surface area contributed by atoms with Gasteiger partial charge in [0.1, 0.15) is 0 Å². The van der Waals surface area contributed by atoms with E-state index in [-0.39, 0.29) is 11.4 Å². The third-order valence-corrected chi connectivity index (χ3v) is 3.92. The zero-order valence-electron chi connectivity index (χ0n) is 12.9. The minimum atomic E-state index is -0.234. The highest BCUT2D eigenvalue weighted by atomic mass is 35.5. The van der Waals surface area contributed by atoms with Crippen molar-refractivity contribution in [2.24, 2.45) is 0 Å². The molecule has 3 nitrogen and oxygen atoms in total. The number of nitrogens with one attached hydrogen (secondary N) is 2. The lowest BCUT2D eigenvalue weighted by Crippen LogP contribution is -2.42. The van der Waals surface area contributed by atoms with Gasteiger partial charge in [-0.1, -0.05) is 74.0 Å². The third kappa shape index (κ3) is 4.50. The molecule has 0 aliphatic carbocycles. The number of hydrogen-bond acceptors (Lipinski definition) is 1. The number of carbonyl (C=O) groups is 1. The standard InChI is InChI=1S/C18H21ClN2O/c1-18(2,15-10-6-7-11-16(15)19)13-21-17(22)20-12-14-8-4-3-5-9-14/h3-11H,12-13H2,1-2H3,(H2,20,21,22). The highest BCUT2D eigenvalue weighted by Crippen LogP contribution is 2.28. The Kier molecular flexibility index (Phi) is 5.45. The molecule has 22 heavy (non-hydrogen) atoms. The summed E-state index contributed by atoms with van der Waals surface area (Å²) >= 11 is 6.24. The molecule has 0 aromatic heterocycles. The Labute approximate surface area is 136 Å². The molecule has 2 N–H and O–H groups in total. The maximum atomic E-state index is 11.9. The van der Waals surface area contributed by atoms with E-state index >= 15 is 0 Å². The topological polar surface area (TPSA) is 41.1 Å². The van der Waals surface area contributed by atoms with Crippen LogP contribution in [0, 0.1) is 0 Å². The summed E-state index contributed by atoms with van der Waals surface area (Å²) < 4.78 is 0. The van der Waals surface area contributed by atoms with Gasteiger partial charge in [-0.3, -0.25) is 0 Å². The van der Waals surface area contributed by atoms with Crippen molar-refractivity contribution in [2.45, 2.75) is 25.8 Å². The Hall–Kier alpha value is -2.00. The Balaban J connectivity index is 1.86. The first kappa shape index (κ1) is 16.4. The second kappa shape index (κ2) is 7.32. The summed E-state index contributed by atoms with van der Waals surface area (Å²) in [4.78, 5) is 11.9. The van der Waals surface area contributed by atoms with Crippen molar-refractivity contribution in [1.29, 1.82) is 0 Å². The number of halogens is 1. The van der Waals surface area contributed by atoms with E-state index in [2.05, 4.69) is 24.5 Å². The van der Waals surface area contributed by atoms with Gasteiger partial charge in [0.05, 0.1) is 0 Å². The van der Waals surface area contributed by atoms with Crippen molar-refractivity contribution in [3.63, 3.8) is 0 Å². The fourth-order valence-electron chi connectivity index (χ4n) is 2.25. The van der Waals surface area contributed by atoms with Gasteiger partial charge in [0.15, 0.2) is 0 Å². The number of amides is 2. The molecule has 0 heterocycles.